The molecule has 1 aromatic carbocycles. The molecule has 0 bridgehead atoms. The highest BCUT2D eigenvalue weighted by Gasteiger charge is 2.33. The second-order valence-electron chi connectivity index (χ2n) is 8.24. The van der Waals surface area contributed by atoms with Crippen molar-refractivity contribution in [1.82, 2.24) is 19.9 Å². The van der Waals surface area contributed by atoms with E-state index in [4.69, 9.17) is 4.42 Å². The third kappa shape index (κ3) is 3.24. The Kier molecular flexibility index (Phi) is 4.16. The Bertz CT molecular complexity index is 1060. The molecule has 29 heavy (non-hydrogen) atoms. The number of rotatable bonds is 5. The number of halogens is 1. The van der Waals surface area contributed by atoms with Crippen molar-refractivity contribution in [2.75, 3.05) is 5.32 Å². The topological polar surface area (TPSA) is 78.8 Å². The molecule has 0 amide bonds. The summed E-state index contributed by atoms with van der Waals surface area (Å²) in [5, 5.41) is 10.6. The number of fused-ring (bicyclic) bond motifs is 1. The van der Waals surface area contributed by atoms with Gasteiger partial charge in [-0.25, -0.2) is 9.37 Å². The average molecular weight is 412 g/mol. The first-order chi connectivity index (χ1) is 14.2. The molecule has 0 radical (unpaired) electrons. The second-order valence-corrected chi connectivity index (χ2v) is 9.18. The van der Waals surface area contributed by atoms with Crippen LogP contribution in [0.2, 0.25) is 0 Å². The zero-order valence-electron chi connectivity index (χ0n) is 15.9. The molecule has 3 aromatic rings. The number of oxazole rings is 1. The maximum atomic E-state index is 14.7. The number of nitrogens with one attached hydrogen (secondary N) is 3. The summed E-state index contributed by atoms with van der Waals surface area (Å²) in [6.07, 6.45) is 7.54. The van der Waals surface area contributed by atoms with Crippen LogP contribution in [0.4, 0.5) is 15.9 Å². The van der Waals surface area contributed by atoms with Crippen molar-refractivity contribution in [2.24, 2.45) is 0 Å². The molecule has 6 rings (SSSR count). The van der Waals surface area contributed by atoms with E-state index in [0.717, 1.165) is 41.5 Å². The highest BCUT2D eigenvalue weighted by molar-refractivity contribution is 7.97. The molecule has 8 heteroatoms. The van der Waals surface area contributed by atoms with Gasteiger partial charge in [0.15, 0.2) is 17.5 Å². The molecule has 6 nitrogen and oxygen atoms in total. The molecular formula is C21H22FN5OS. The lowest BCUT2D eigenvalue weighted by Gasteiger charge is -2.08. The molecule has 2 aliphatic carbocycles. The minimum Gasteiger partial charge on any atom is -0.445 e. The van der Waals surface area contributed by atoms with Crippen molar-refractivity contribution in [3.8, 4) is 0 Å². The summed E-state index contributed by atoms with van der Waals surface area (Å²) >= 11 is 1.47. The van der Waals surface area contributed by atoms with Crippen molar-refractivity contribution in [1.29, 1.82) is 0 Å². The Balaban J connectivity index is 1.14. The molecule has 0 saturated heterocycles. The summed E-state index contributed by atoms with van der Waals surface area (Å²) in [7, 11) is 0. The van der Waals surface area contributed by atoms with Crippen molar-refractivity contribution >= 4 is 23.5 Å². The Morgan fingerprint density at radius 2 is 2.00 bits per heavy atom. The van der Waals surface area contributed by atoms with Gasteiger partial charge in [-0.15, -0.1) is 0 Å². The fourth-order valence-corrected chi connectivity index (χ4v) is 5.22. The molecule has 3 N–H and O–H groups in total. The minimum absolute atomic E-state index is 0.206. The predicted molar refractivity (Wildman–Crippen MR) is 109 cm³/mol. The smallest absolute Gasteiger partial charge is 0.197 e. The summed E-state index contributed by atoms with van der Waals surface area (Å²) in [5.41, 5.74) is 2.27. The van der Waals surface area contributed by atoms with Crippen LogP contribution in [-0.2, 0) is 6.54 Å². The summed E-state index contributed by atoms with van der Waals surface area (Å²) in [6, 6.07) is 5.71. The highest BCUT2D eigenvalue weighted by atomic mass is 32.2. The molecule has 3 aliphatic rings. The van der Waals surface area contributed by atoms with Crippen LogP contribution in [0, 0.1) is 5.82 Å². The van der Waals surface area contributed by atoms with E-state index in [9.17, 15) is 4.39 Å². The number of anilines is 2. The molecule has 2 unspecified atom stereocenters. The van der Waals surface area contributed by atoms with E-state index in [1.165, 1.54) is 24.8 Å². The number of benzene rings is 1. The Morgan fingerprint density at radius 1 is 1.14 bits per heavy atom. The van der Waals surface area contributed by atoms with E-state index in [1.807, 2.05) is 18.3 Å². The van der Waals surface area contributed by atoms with Crippen LogP contribution >= 0.6 is 11.9 Å². The van der Waals surface area contributed by atoms with E-state index in [2.05, 4.69) is 25.2 Å². The summed E-state index contributed by atoms with van der Waals surface area (Å²) in [4.78, 5) is 5.42. The van der Waals surface area contributed by atoms with E-state index >= 15 is 0 Å². The lowest BCUT2D eigenvalue weighted by atomic mass is 10.0. The van der Waals surface area contributed by atoms with E-state index < -0.39 is 0 Å². The SMILES string of the molecule is Fc1c(Nc2cc(C3CCC(c4cnc(C5CC5)o4)C3)[nH]n2)ccc2c1CNS2. The maximum absolute atomic E-state index is 14.7. The normalized spacial score (nSPS) is 23.5. The number of hydrogen-bond donors (Lipinski definition) is 3. The maximum Gasteiger partial charge on any atom is 0.197 e. The number of H-pyrrole nitrogens is 1. The van der Waals surface area contributed by atoms with Gasteiger partial charge in [-0.1, -0.05) is 0 Å². The third-order valence-corrected chi connectivity index (χ3v) is 7.13. The Labute approximate surface area is 172 Å². The second kappa shape index (κ2) is 6.88. The fraction of sp³-hybridized carbons (Fsp3) is 0.429. The average Bonchev–Trinajstić information content (AvgIpc) is 3.22. The highest BCUT2D eigenvalue weighted by Crippen LogP contribution is 2.46. The van der Waals surface area contributed by atoms with Crippen molar-refractivity contribution in [2.45, 2.75) is 61.3 Å². The van der Waals surface area contributed by atoms with Crippen molar-refractivity contribution in [3.05, 3.63) is 53.1 Å². The monoisotopic (exact) mass is 411 g/mol. The minimum atomic E-state index is -0.206. The van der Waals surface area contributed by atoms with Crippen LogP contribution in [-0.4, -0.2) is 15.2 Å². The first-order valence-corrected chi connectivity index (χ1v) is 11.1. The van der Waals surface area contributed by atoms with E-state index in [-0.39, 0.29) is 5.82 Å². The van der Waals surface area contributed by atoms with Gasteiger partial charge in [-0.2, -0.15) is 5.10 Å². The van der Waals surface area contributed by atoms with E-state index in [0.29, 0.717) is 41.4 Å². The van der Waals surface area contributed by atoms with Gasteiger partial charge in [-0.3, -0.25) is 9.82 Å². The van der Waals surface area contributed by atoms with Gasteiger partial charge < -0.3 is 9.73 Å². The summed E-state index contributed by atoms with van der Waals surface area (Å²) < 4.78 is 23.8. The van der Waals surface area contributed by atoms with Gasteiger partial charge in [0.05, 0.1) is 11.9 Å². The molecule has 2 fully saturated rings. The molecule has 2 saturated carbocycles. The summed E-state index contributed by atoms with van der Waals surface area (Å²) in [5.74, 6) is 3.76. The summed E-state index contributed by atoms with van der Waals surface area (Å²) in [6.45, 7) is 0.542. The third-order valence-electron chi connectivity index (χ3n) is 6.23. The van der Waals surface area contributed by atoms with Gasteiger partial charge in [0.2, 0.25) is 0 Å². The van der Waals surface area contributed by atoms with Crippen LogP contribution in [0.3, 0.4) is 0 Å². The van der Waals surface area contributed by atoms with E-state index in [1.54, 1.807) is 6.07 Å². The lowest BCUT2D eigenvalue weighted by molar-refractivity contribution is 0.423. The number of aromatic nitrogens is 3. The van der Waals surface area contributed by atoms with Crippen molar-refractivity contribution in [3.63, 3.8) is 0 Å². The zero-order valence-corrected chi connectivity index (χ0v) is 16.7. The molecule has 2 atom stereocenters. The van der Waals surface area contributed by atoms with Crippen molar-refractivity contribution < 1.29 is 8.81 Å². The lowest BCUT2D eigenvalue weighted by Crippen LogP contribution is -2.00. The molecule has 2 aromatic heterocycles. The van der Waals surface area contributed by atoms with Crippen LogP contribution in [0.15, 0.2) is 33.7 Å². The van der Waals surface area contributed by atoms with Gasteiger partial charge in [-0.05, 0) is 56.2 Å². The van der Waals surface area contributed by atoms with Crippen LogP contribution in [0.1, 0.15) is 72.8 Å². The number of hydrogen-bond acceptors (Lipinski definition) is 6. The zero-order chi connectivity index (χ0) is 19.4. The fourth-order valence-electron chi connectivity index (χ4n) is 4.43. The largest absolute Gasteiger partial charge is 0.445 e. The van der Waals surface area contributed by atoms with Gasteiger partial charge in [0, 0.05) is 46.5 Å². The quantitative estimate of drug-likeness (QED) is 0.493. The number of aromatic amines is 1. The molecular weight excluding hydrogens is 389 g/mol. The molecule has 1 aliphatic heterocycles. The van der Waals surface area contributed by atoms with Gasteiger partial charge in [0.25, 0.3) is 0 Å². The standard InChI is InChI=1S/C21H22FN5OS/c22-20-14-9-24-29-18(14)6-5-15(20)25-19-8-16(26-27-19)12-3-4-13(7-12)17-10-23-21(28-17)11-1-2-11/h5-6,8,10-13,24H,1-4,7,9H2,(H2,25,26,27). The molecule has 0 spiro atoms. The predicted octanol–water partition coefficient (Wildman–Crippen LogP) is 5.32. The van der Waals surface area contributed by atoms with Crippen LogP contribution in [0.25, 0.3) is 0 Å². The Hall–Kier alpha value is -2.32. The van der Waals surface area contributed by atoms with Crippen LogP contribution in [0.5, 0.6) is 0 Å². The number of nitrogens with zero attached hydrogens (tertiary/aromatic N) is 2. The van der Waals surface area contributed by atoms with Crippen LogP contribution < -0.4 is 10.0 Å². The first-order valence-electron chi connectivity index (χ1n) is 10.2. The molecule has 150 valence electrons. The van der Waals surface area contributed by atoms with Gasteiger partial charge in [0.1, 0.15) is 5.76 Å². The Morgan fingerprint density at radius 3 is 2.90 bits per heavy atom. The molecule has 3 heterocycles. The van der Waals surface area contributed by atoms with Gasteiger partial charge >= 0.3 is 0 Å². The first kappa shape index (κ1) is 17.5.